The molecule has 1 heterocycles. The molecule has 1 atom stereocenters. The van der Waals surface area contributed by atoms with Crippen molar-refractivity contribution in [2.75, 3.05) is 20.8 Å². The zero-order valence-electron chi connectivity index (χ0n) is 23.7. The molecule has 0 aliphatic heterocycles. The van der Waals surface area contributed by atoms with Gasteiger partial charge in [0.05, 0.1) is 24.1 Å². The van der Waals surface area contributed by atoms with Crippen LogP contribution in [0.4, 0.5) is 11.4 Å². The molecule has 3 amide bonds. The van der Waals surface area contributed by atoms with Crippen molar-refractivity contribution >= 4 is 40.1 Å². The van der Waals surface area contributed by atoms with Gasteiger partial charge in [-0.3, -0.25) is 34.6 Å². The third-order valence-electron chi connectivity index (χ3n) is 6.53. The van der Waals surface area contributed by atoms with E-state index in [0.29, 0.717) is 22.4 Å². The molecule has 1 aromatic heterocycles. The zero-order chi connectivity index (χ0) is 32.7. The summed E-state index contributed by atoms with van der Waals surface area (Å²) >= 11 is 0. The lowest BCUT2D eigenvalue weighted by Gasteiger charge is -2.19. The number of carbonyl (C=O) groups excluding carboxylic acids is 3. The molecule has 4 rings (SSSR count). The van der Waals surface area contributed by atoms with Crippen LogP contribution in [0.15, 0.2) is 75.9 Å². The van der Waals surface area contributed by atoms with Gasteiger partial charge in [0.1, 0.15) is 17.2 Å². The van der Waals surface area contributed by atoms with Gasteiger partial charge in [-0.2, -0.15) is 0 Å². The number of ether oxygens (including phenoxy) is 2. The van der Waals surface area contributed by atoms with Gasteiger partial charge in [0.2, 0.25) is 5.91 Å². The largest absolute Gasteiger partial charge is 0.493 e. The monoisotopic (exact) mass is 619 g/mol. The number of nitrogens with one attached hydrogen (secondary N) is 3. The van der Waals surface area contributed by atoms with E-state index < -0.39 is 45.8 Å². The van der Waals surface area contributed by atoms with Gasteiger partial charge in [-0.05, 0) is 29.8 Å². The molecular formula is C29H25N5O11. The van der Waals surface area contributed by atoms with Crippen molar-refractivity contribution in [1.29, 1.82) is 0 Å². The second-order valence-electron chi connectivity index (χ2n) is 9.37. The number of carbonyl (C=O) groups is 3. The second kappa shape index (κ2) is 13.8. The first-order chi connectivity index (χ1) is 21.5. The summed E-state index contributed by atoms with van der Waals surface area (Å²) < 4.78 is 15.7. The summed E-state index contributed by atoms with van der Waals surface area (Å²) in [5.74, 6) is -1.80. The Kier molecular flexibility index (Phi) is 9.67. The lowest BCUT2D eigenvalue weighted by Crippen LogP contribution is -2.52. The van der Waals surface area contributed by atoms with Crippen LogP contribution in [-0.2, 0) is 11.3 Å². The Morgan fingerprint density at radius 2 is 1.40 bits per heavy atom. The fourth-order valence-corrected chi connectivity index (χ4v) is 4.13. The molecule has 0 fully saturated rings. The number of nitro groups is 2. The van der Waals surface area contributed by atoms with Crippen molar-refractivity contribution in [2.24, 2.45) is 0 Å². The SMILES string of the molecule is COc1cc2cc(C(=O)NC[C@H](NC(=O)c3ccc([N+](=O)[O-])cc3)C(=O)NCc3ccc([N+](=O)[O-])cc3)c(=O)oc2cc1OC. The molecule has 45 heavy (non-hydrogen) atoms. The minimum absolute atomic E-state index is 0.000329. The standard InChI is InChI=1S/C29H25N5O11/c1-43-24-12-18-11-21(29(38)45-23(18)13-25(24)44-2)27(36)31-15-22(32-26(35)17-5-9-20(10-6-17)34(41)42)28(37)30-14-16-3-7-19(8-4-16)33(39)40/h3-13,22H,14-15H2,1-2H3,(H,30,37)(H,31,36)(H,32,35)/t22-/m0/s1. The van der Waals surface area contributed by atoms with E-state index in [9.17, 15) is 39.4 Å². The third kappa shape index (κ3) is 7.56. The smallest absolute Gasteiger partial charge is 0.349 e. The van der Waals surface area contributed by atoms with Crippen LogP contribution in [0, 0.1) is 20.2 Å². The van der Waals surface area contributed by atoms with Crippen LogP contribution in [0.2, 0.25) is 0 Å². The molecule has 3 N–H and O–H groups in total. The number of fused-ring (bicyclic) bond motifs is 1. The van der Waals surface area contributed by atoms with Crippen LogP contribution >= 0.6 is 0 Å². The van der Waals surface area contributed by atoms with E-state index in [1.165, 1.54) is 68.8 Å². The summed E-state index contributed by atoms with van der Waals surface area (Å²) in [5, 5.41) is 29.7. The molecule has 0 spiro atoms. The highest BCUT2D eigenvalue weighted by Crippen LogP contribution is 2.31. The number of hydrogen-bond donors (Lipinski definition) is 3. The number of non-ortho nitro benzene ring substituents is 2. The lowest BCUT2D eigenvalue weighted by molar-refractivity contribution is -0.385. The van der Waals surface area contributed by atoms with Crippen molar-refractivity contribution < 1.29 is 38.1 Å². The summed E-state index contributed by atoms with van der Waals surface area (Å²) in [5.41, 5.74) is -1.10. The van der Waals surface area contributed by atoms with Gasteiger partial charge in [-0.25, -0.2) is 4.79 Å². The average Bonchev–Trinajstić information content (AvgIpc) is 3.04. The van der Waals surface area contributed by atoms with Crippen molar-refractivity contribution in [3.05, 3.63) is 114 Å². The maximum Gasteiger partial charge on any atom is 0.349 e. The number of nitrogens with zero attached hydrogens (tertiary/aromatic N) is 2. The minimum Gasteiger partial charge on any atom is -0.493 e. The molecule has 0 radical (unpaired) electrons. The zero-order valence-corrected chi connectivity index (χ0v) is 23.7. The number of benzene rings is 3. The van der Waals surface area contributed by atoms with Crippen LogP contribution < -0.4 is 31.0 Å². The van der Waals surface area contributed by atoms with E-state index in [4.69, 9.17) is 13.9 Å². The molecule has 232 valence electrons. The molecule has 0 aliphatic rings. The number of hydrogen-bond acceptors (Lipinski definition) is 11. The van der Waals surface area contributed by atoms with Crippen LogP contribution in [0.1, 0.15) is 26.3 Å². The maximum atomic E-state index is 13.1. The first kappa shape index (κ1) is 31.6. The second-order valence-corrected chi connectivity index (χ2v) is 9.37. The lowest BCUT2D eigenvalue weighted by atomic mass is 10.1. The van der Waals surface area contributed by atoms with Crippen LogP contribution in [0.5, 0.6) is 11.5 Å². The average molecular weight is 620 g/mol. The van der Waals surface area contributed by atoms with E-state index in [1.54, 1.807) is 0 Å². The molecule has 0 saturated carbocycles. The third-order valence-corrected chi connectivity index (χ3v) is 6.53. The Hall–Kier alpha value is -6.32. The first-order valence-corrected chi connectivity index (χ1v) is 13.0. The quantitative estimate of drug-likeness (QED) is 0.119. The highest BCUT2D eigenvalue weighted by Gasteiger charge is 2.24. The van der Waals surface area contributed by atoms with E-state index in [-0.39, 0.29) is 34.6 Å². The number of amides is 3. The first-order valence-electron chi connectivity index (χ1n) is 13.0. The topological polar surface area (TPSA) is 222 Å². The van der Waals surface area contributed by atoms with Gasteiger partial charge in [-0.1, -0.05) is 12.1 Å². The van der Waals surface area contributed by atoms with E-state index in [1.807, 2.05) is 0 Å². The normalized spacial score (nSPS) is 11.2. The summed E-state index contributed by atoms with van der Waals surface area (Å²) in [4.78, 5) is 72.4. The van der Waals surface area contributed by atoms with Gasteiger partial charge in [-0.15, -0.1) is 0 Å². The van der Waals surface area contributed by atoms with Crippen LogP contribution in [-0.4, -0.2) is 54.4 Å². The summed E-state index contributed by atoms with van der Waals surface area (Å²) in [6.07, 6.45) is 0. The Balaban J connectivity index is 1.53. The van der Waals surface area contributed by atoms with Crippen molar-refractivity contribution in [3.63, 3.8) is 0 Å². The number of nitro benzene ring substituents is 2. The highest BCUT2D eigenvalue weighted by atomic mass is 16.6. The Labute approximate surface area is 253 Å². The molecule has 16 nitrogen and oxygen atoms in total. The molecular weight excluding hydrogens is 594 g/mol. The van der Waals surface area contributed by atoms with Crippen molar-refractivity contribution in [1.82, 2.24) is 16.0 Å². The fourth-order valence-electron chi connectivity index (χ4n) is 4.13. The van der Waals surface area contributed by atoms with Gasteiger partial charge < -0.3 is 29.8 Å². The Bertz CT molecular complexity index is 1840. The fraction of sp³-hybridized carbons (Fsp3) is 0.172. The van der Waals surface area contributed by atoms with Gasteiger partial charge in [0, 0.05) is 54.4 Å². The van der Waals surface area contributed by atoms with Gasteiger partial charge in [0.15, 0.2) is 11.5 Å². The van der Waals surface area contributed by atoms with Crippen molar-refractivity contribution in [2.45, 2.75) is 12.6 Å². The summed E-state index contributed by atoms with van der Waals surface area (Å²) in [6.45, 7) is -0.554. The Morgan fingerprint density at radius 3 is 1.98 bits per heavy atom. The highest BCUT2D eigenvalue weighted by molar-refractivity contribution is 5.99. The van der Waals surface area contributed by atoms with Gasteiger partial charge >= 0.3 is 5.63 Å². The summed E-state index contributed by atoms with van der Waals surface area (Å²) in [7, 11) is 2.82. The molecule has 0 aliphatic carbocycles. The predicted octanol–water partition coefficient (Wildman–Crippen LogP) is 2.47. The van der Waals surface area contributed by atoms with Crippen molar-refractivity contribution in [3.8, 4) is 11.5 Å². The minimum atomic E-state index is -1.38. The molecule has 0 saturated heterocycles. The molecule has 0 bridgehead atoms. The van der Waals surface area contributed by atoms with E-state index in [2.05, 4.69) is 16.0 Å². The number of methoxy groups -OCH3 is 2. The molecule has 3 aromatic carbocycles. The number of rotatable bonds is 12. The molecule has 16 heteroatoms. The molecule has 0 unspecified atom stereocenters. The van der Waals surface area contributed by atoms with Crippen LogP contribution in [0.3, 0.4) is 0 Å². The van der Waals surface area contributed by atoms with E-state index in [0.717, 1.165) is 12.1 Å². The maximum absolute atomic E-state index is 13.1. The predicted molar refractivity (Wildman–Crippen MR) is 157 cm³/mol. The van der Waals surface area contributed by atoms with Crippen LogP contribution in [0.25, 0.3) is 11.0 Å². The summed E-state index contributed by atoms with van der Waals surface area (Å²) in [6, 6.07) is 12.8. The molecule has 4 aromatic rings. The van der Waals surface area contributed by atoms with E-state index >= 15 is 0 Å². The Morgan fingerprint density at radius 1 is 0.822 bits per heavy atom. The van der Waals surface area contributed by atoms with Gasteiger partial charge in [0.25, 0.3) is 23.2 Å².